The SMILES string of the molecule is COc1ccc(N2CCC(CNC(=O)c3cc(OC)cc(OC)c3)C2)cc1. The molecule has 0 aromatic heterocycles. The van der Waals surface area contributed by atoms with E-state index in [1.54, 1.807) is 39.5 Å². The maximum Gasteiger partial charge on any atom is 0.251 e. The minimum absolute atomic E-state index is 0.116. The Morgan fingerprint density at radius 2 is 1.63 bits per heavy atom. The Morgan fingerprint density at radius 1 is 1.00 bits per heavy atom. The molecule has 2 aromatic carbocycles. The molecule has 3 rings (SSSR count). The molecule has 1 unspecified atom stereocenters. The zero-order valence-corrected chi connectivity index (χ0v) is 16.0. The monoisotopic (exact) mass is 370 g/mol. The maximum absolute atomic E-state index is 12.5. The molecule has 0 saturated carbocycles. The lowest BCUT2D eigenvalue weighted by Gasteiger charge is -2.19. The van der Waals surface area contributed by atoms with Gasteiger partial charge in [-0.15, -0.1) is 0 Å². The van der Waals surface area contributed by atoms with Crippen LogP contribution in [0.25, 0.3) is 0 Å². The van der Waals surface area contributed by atoms with Crippen LogP contribution in [0.4, 0.5) is 5.69 Å². The first kappa shape index (κ1) is 18.9. The van der Waals surface area contributed by atoms with E-state index in [0.29, 0.717) is 29.5 Å². The number of nitrogens with one attached hydrogen (secondary N) is 1. The topological polar surface area (TPSA) is 60.0 Å². The van der Waals surface area contributed by atoms with Gasteiger partial charge in [-0.2, -0.15) is 0 Å². The van der Waals surface area contributed by atoms with Gasteiger partial charge in [0.15, 0.2) is 0 Å². The van der Waals surface area contributed by atoms with Crippen molar-refractivity contribution in [1.29, 1.82) is 0 Å². The van der Waals surface area contributed by atoms with Gasteiger partial charge in [0.05, 0.1) is 21.3 Å². The summed E-state index contributed by atoms with van der Waals surface area (Å²) in [6.07, 6.45) is 1.05. The van der Waals surface area contributed by atoms with Gasteiger partial charge < -0.3 is 24.4 Å². The molecule has 1 aliphatic rings. The number of carbonyl (C=O) groups excluding carboxylic acids is 1. The van der Waals surface area contributed by atoms with Gasteiger partial charge in [0.1, 0.15) is 17.2 Å². The molecule has 27 heavy (non-hydrogen) atoms. The van der Waals surface area contributed by atoms with Crippen LogP contribution in [0.2, 0.25) is 0 Å². The summed E-state index contributed by atoms with van der Waals surface area (Å²) >= 11 is 0. The van der Waals surface area contributed by atoms with Crippen LogP contribution in [-0.4, -0.2) is 46.9 Å². The van der Waals surface area contributed by atoms with Gasteiger partial charge in [-0.3, -0.25) is 4.79 Å². The fourth-order valence-corrected chi connectivity index (χ4v) is 3.30. The Hall–Kier alpha value is -2.89. The van der Waals surface area contributed by atoms with E-state index in [9.17, 15) is 4.79 Å². The van der Waals surface area contributed by atoms with Crippen molar-refractivity contribution in [3.05, 3.63) is 48.0 Å². The van der Waals surface area contributed by atoms with Crippen molar-refractivity contribution < 1.29 is 19.0 Å². The Bertz CT molecular complexity index is 754. The highest BCUT2D eigenvalue weighted by Gasteiger charge is 2.23. The summed E-state index contributed by atoms with van der Waals surface area (Å²) in [6, 6.07) is 13.3. The highest BCUT2D eigenvalue weighted by atomic mass is 16.5. The number of benzene rings is 2. The molecule has 2 aromatic rings. The minimum Gasteiger partial charge on any atom is -0.497 e. The number of carbonyl (C=O) groups is 1. The second kappa shape index (κ2) is 8.66. The lowest BCUT2D eigenvalue weighted by Crippen LogP contribution is -2.31. The van der Waals surface area contributed by atoms with E-state index < -0.39 is 0 Å². The number of hydrogen-bond donors (Lipinski definition) is 1. The van der Waals surface area contributed by atoms with E-state index in [0.717, 1.165) is 25.3 Å². The van der Waals surface area contributed by atoms with Crippen LogP contribution in [0.3, 0.4) is 0 Å². The third-order valence-corrected chi connectivity index (χ3v) is 4.89. The third-order valence-electron chi connectivity index (χ3n) is 4.89. The fraction of sp³-hybridized carbons (Fsp3) is 0.381. The van der Waals surface area contributed by atoms with Gasteiger partial charge in [-0.25, -0.2) is 0 Å². The van der Waals surface area contributed by atoms with Crippen molar-refractivity contribution in [2.75, 3.05) is 45.9 Å². The second-order valence-corrected chi connectivity index (χ2v) is 6.61. The first-order valence-corrected chi connectivity index (χ1v) is 9.03. The zero-order chi connectivity index (χ0) is 19.2. The molecule has 0 bridgehead atoms. The molecule has 144 valence electrons. The predicted molar refractivity (Wildman–Crippen MR) is 105 cm³/mol. The molecule has 6 heteroatoms. The number of hydrogen-bond acceptors (Lipinski definition) is 5. The summed E-state index contributed by atoms with van der Waals surface area (Å²) in [5.74, 6) is 2.37. The molecular formula is C21H26N2O4. The van der Waals surface area contributed by atoms with Crippen LogP contribution in [0.15, 0.2) is 42.5 Å². The van der Waals surface area contributed by atoms with E-state index in [-0.39, 0.29) is 5.91 Å². The first-order valence-electron chi connectivity index (χ1n) is 9.03. The largest absolute Gasteiger partial charge is 0.497 e. The lowest BCUT2D eigenvalue weighted by atomic mass is 10.1. The Labute approximate surface area is 160 Å². The van der Waals surface area contributed by atoms with Gasteiger partial charge in [0, 0.05) is 37.0 Å². The summed E-state index contributed by atoms with van der Waals surface area (Å²) in [6.45, 7) is 2.55. The summed E-state index contributed by atoms with van der Waals surface area (Å²) in [5, 5.41) is 3.04. The Morgan fingerprint density at radius 3 is 2.22 bits per heavy atom. The molecular weight excluding hydrogens is 344 g/mol. The molecule has 6 nitrogen and oxygen atoms in total. The average molecular weight is 370 g/mol. The summed E-state index contributed by atoms with van der Waals surface area (Å²) in [5.41, 5.74) is 1.72. The normalized spacial score (nSPS) is 16.1. The number of methoxy groups -OCH3 is 3. The molecule has 1 atom stereocenters. The Balaban J connectivity index is 1.55. The minimum atomic E-state index is -0.116. The van der Waals surface area contributed by atoms with Crippen LogP contribution >= 0.6 is 0 Å². The molecule has 1 N–H and O–H groups in total. The first-order chi connectivity index (χ1) is 13.1. The van der Waals surface area contributed by atoms with Gasteiger partial charge in [0.2, 0.25) is 0 Å². The molecule has 1 aliphatic heterocycles. The van der Waals surface area contributed by atoms with Crippen molar-refractivity contribution in [2.24, 2.45) is 5.92 Å². The molecule has 1 fully saturated rings. The van der Waals surface area contributed by atoms with Crippen molar-refractivity contribution in [1.82, 2.24) is 5.32 Å². The van der Waals surface area contributed by atoms with Gasteiger partial charge >= 0.3 is 0 Å². The highest BCUT2D eigenvalue weighted by molar-refractivity contribution is 5.95. The van der Waals surface area contributed by atoms with E-state index in [2.05, 4.69) is 22.3 Å². The van der Waals surface area contributed by atoms with Crippen molar-refractivity contribution in [3.8, 4) is 17.2 Å². The number of amides is 1. The van der Waals surface area contributed by atoms with E-state index in [4.69, 9.17) is 14.2 Å². The van der Waals surface area contributed by atoms with Crippen LogP contribution < -0.4 is 24.4 Å². The smallest absolute Gasteiger partial charge is 0.251 e. The van der Waals surface area contributed by atoms with E-state index in [1.807, 2.05) is 12.1 Å². The molecule has 0 radical (unpaired) electrons. The standard InChI is InChI=1S/C21H26N2O4/c1-25-18-6-4-17(5-7-18)23-9-8-15(14-23)13-22-21(24)16-10-19(26-2)12-20(11-16)27-3/h4-7,10-12,15H,8-9,13-14H2,1-3H3,(H,22,24). The lowest BCUT2D eigenvalue weighted by molar-refractivity contribution is 0.0947. The highest BCUT2D eigenvalue weighted by Crippen LogP contribution is 2.26. The van der Waals surface area contributed by atoms with Crippen LogP contribution in [-0.2, 0) is 0 Å². The zero-order valence-electron chi connectivity index (χ0n) is 16.0. The predicted octanol–water partition coefficient (Wildman–Crippen LogP) is 2.97. The van der Waals surface area contributed by atoms with Crippen molar-refractivity contribution >= 4 is 11.6 Å². The molecule has 1 heterocycles. The fourth-order valence-electron chi connectivity index (χ4n) is 3.30. The Kier molecular flexibility index (Phi) is 6.06. The molecule has 1 saturated heterocycles. The van der Waals surface area contributed by atoms with E-state index >= 15 is 0 Å². The summed E-state index contributed by atoms with van der Waals surface area (Å²) < 4.78 is 15.7. The van der Waals surface area contributed by atoms with Crippen molar-refractivity contribution in [2.45, 2.75) is 6.42 Å². The quantitative estimate of drug-likeness (QED) is 0.812. The van der Waals surface area contributed by atoms with Gasteiger partial charge in [0.25, 0.3) is 5.91 Å². The number of rotatable bonds is 7. The molecule has 0 aliphatic carbocycles. The number of nitrogens with zero attached hydrogens (tertiary/aromatic N) is 1. The second-order valence-electron chi connectivity index (χ2n) is 6.61. The van der Waals surface area contributed by atoms with Crippen LogP contribution in [0.5, 0.6) is 17.2 Å². The van der Waals surface area contributed by atoms with Crippen molar-refractivity contribution in [3.63, 3.8) is 0 Å². The molecule has 0 spiro atoms. The van der Waals surface area contributed by atoms with Crippen LogP contribution in [0.1, 0.15) is 16.8 Å². The number of ether oxygens (including phenoxy) is 3. The maximum atomic E-state index is 12.5. The van der Waals surface area contributed by atoms with Crippen LogP contribution in [0, 0.1) is 5.92 Å². The third kappa shape index (κ3) is 4.64. The molecule has 1 amide bonds. The average Bonchev–Trinajstić information content (AvgIpc) is 3.20. The summed E-state index contributed by atoms with van der Waals surface area (Å²) in [7, 11) is 4.81. The van der Waals surface area contributed by atoms with Gasteiger partial charge in [-0.05, 0) is 48.7 Å². The summed E-state index contributed by atoms with van der Waals surface area (Å²) in [4.78, 5) is 14.8. The van der Waals surface area contributed by atoms with Gasteiger partial charge in [-0.1, -0.05) is 0 Å². The number of anilines is 1. The van der Waals surface area contributed by atoms with E-state index in [1.165, 1.54) is 5.69 Å².